The predicted octanol–water partition coefficient (Wildman–Crippen LogP) is 3.22. The van der Waals surface area contributed by atoms with E-state index in [0.29, 0.717) is 17.9 Å². The third-order valence-electron chi connectivity index (χ3n) is 4.17. The number of benzene rings is 1. The highest BCUT2D eigenvalue weighted by Crippen LogP contribution is 2.24. The van der Waals surface area contributed by atoms with Crippen LogP contribution in [-0.2, 0) is 17.8 Å². The summed E-state index contributed by atoms with van der Waals surface area (Å²) in [7, 11) is 0. The van der Waals surface area contributed by atoms with Crippen LogP contribution in [0.5, 0.6) is 5.75 Å². The van der Waals surface area contributed by atoms with E-state index in [1.54, 1.807) is 25.3 Å². The maximum atomic E-state index is 12.2. The summed E-state index contributed by atoms with van der Waals surface area (Å²) in [5.41, 5.74) is 1.80. The Labute approximate surface area is 157 Å². The first kappa shape index (κ1) is 18.6. The van der Waals surface area contributed by atoms with Crippen molar-refractivity contribution >= 4 is 16.9 Å². The van der Waals surface area contributed by atoms with Crippen LogP contribution < -0.4 is 15.7 Å². The van der Waals surface area contributed by atoms with Crippen LogP contribution in [0.2, 0.25) is 0 Å². The molecule has 1 amide bonds. The summed E-state index contributed by atoms with van der Waals surface area (Å²) >= 11 is 0. The number of carbonyl (C=O) groups excluding carboxylic acids is 1. The fraction of sp³-hybridized carbons (Fsp3) is 0.286. The van der Waals surface area contributed by atoms with Gasteiger partial charge in [0.15, 0.2) is 6.10 Å². The molecule has 2 aromatic heterocycles. The summed E-state index contributed by atoms with van der Waals surface area (Å²) in [5.74, 6) is 0.224. The van der Waals surface area contributed by atoms with E-state index in [1.165, 1.54) is 6.07 Å². The third-order valence-corrected chi connectivity index (χ3v) is 4.17. The molecule has 0 radical (unpaired) electrons. The standard InChI is InChI=1S/C21H22N2O4/c1-3-6-15-11-20(24)27-19-12-17(8-9-18(15)19)26-14(2)21(25)23-13-16-7-4-5-10-22-16/h4-5,7-12,14H,3,6,13H2,1-2H3,(H,23,25). The number of amides is 1. The van der Waals surface area contributed by atoms with Gasteiger partial charge in [0.1, 0.15) is 11.3 Å². The number of nitrogens with one attached hydrogen (secondary N) is 1. The zero-order chi connectivity index (χ0) is 19.2. The molecule has 2 heterocycles. The first-order valence-electron chi connectivity index (χ1n) is 8.98. The smallest absolute Gasteiger partial charge is 0.336 e. The quantitative estimate of drug-likeness (QED) is 0.649. The normalized spacial score (nSPS) is 11.9. The highest BCUT2D eigenvalue weighted by atomic mass is 16.5. The van der Waals surface area contributed by atoms with Gasteiger partial charge in [-0.1, -0.05) is 19.4 Å². The summed E-state index contributed by atoms with van der Waals surface area (Å²) in [5, 5.41) is 3.68. The van der Waals surface area contributed by atoms with E-state index in [-0.39, 0.29) is 11.5 Å². The lowest BCUT2D eigenvalue weighted by Crippen LogP contribution is -2.36. The molecule has 1 atom stereocenters. The number of fused-ring (bicyclic) bond motifs is 1. The second-order valence-corrected chi connectivity index (χ2v) is 6.30. The van der Waals surface area contributed by atoms with Crippen molar-refractivity contribution < 1.29 is 13.9 Å². The van der Waals surface area contributed by atoms with E-state index in [2.05, 4.69) is 17.2 Å². The second kappa shape index (κ2) is 8.49. The largest absolute Gasteiger partial charge is 0.481 e. The van der Waals surface area contributed by atoms with Crippen LogP contribution in [-0.4, -0.2) is 17.0 Å². The molecule has 3 aromatic rings. The van der Waals surface area contributed by atoms with E-state index in [0.717, 1.165) is 29.5 Å². The van der Waals surface area contributed by atoms with Crippen LogP contribution in [0, 0.1) is 0 Å². The molecule has 3 rings (SSSR count). The number of ether oxygens (including phenoxy) is 1. The summed E-state index contributed by atoms with van der Waals surface area (Å²) in [6, 6.07) is 12.3. The number of rotatable bonds is 7. The Balaban J connectivity index is 1.70. The molecule has 0 aliphatic carbocycles. The predicted molar refractivity (Wildman–Crippen MR) is 103 cm³/mol. The van der Waals surface area contributed by atoms with Gasteiger partial charge in [0.25, 0.3) is 5.91 Å². The minimum atomic E-state index is -0.697. The SMILES string of the molecule is CCCc1cc(=O)oc2cc(OC(C)C(=O)NCc3ccccn3)ccc12. The minimum Gasteiger partial charge on any atom is -0.481 e. The Hall–Kier alpha value is -3.15. The van der Waals surface area contributed by atoms with Crippen molar-refractivity contribution in [1.82, 2.24) is 10.3 Å². The highest BCUT2D eigenvalue weighted by molar-refractivity contribution is 5.83. The van der Waals surface area contributed by atoms with Gasteiger partial charge in [-0.2, -0.15) is 0 Å². The van der Waals surface area contributed by atoms with Crippen molar-refractivity contribution in [2.45, 2.75) is 39.3 Å². The molecule has 140 valence electrons. The topological polar surface area (TPSA) is 81.4 Å². The average Bonchev–Trinajstić information content (AvgIpc) is 2.66. The van der Waals surface area contributed by atoms with Gasteiger partial charge >= 0.3 is 5.63 Å². The van der Waals surface area contributed by atoms with Crippen molar-refractivity contribution in [3.05, 3.63) is 70.3 Å². The number of hydrogen-bond donors (Lipinski definition) is 1. The number of aryl methyl sites for hydroxylation is 1. The maximum Gasteiger partial charge on any atom is 0.336 e. The number of nitrogens with zero attached hydrogens (tertiary/aromatic N) is 1. The van der Waals surface area contributed by atoms with Crippen LogP contribution in [0.1, 0.15) is 31.5 Å². The summed E-state index contributed by atoms with van der Waals surface area (Å²) < 4.78 is 11.0. The Morgan fingerprint density at radius 2 is 2.11 bits per heavy atom. The fourth-order valence-electron chi connectivity index (χ4n) is 2.84. The van der Waals surface area contributed by atoms with E-state index in [1.807, 2.05) is 24.3 Å². The molecule has 27 heavy (non-hydrogen) atoms. The maximum absolute atomic E-state index is 12.2. The molecule has 1 unspecified atom stereocenters. The number of pyridine rings is 1. The first-order chi connectivity index (χ1) is 13.1. The molecule has 0 saturated heterocycles. The molecule has 0 saturated carbocycles. The average molecular weight is 366 g/mol. The molecular weight excluding hydrogens is 344 g/mol. The molecule has 0 bridgehead atoms. The van der Waals surface area contributed by atoms with Crippen molar-refractivity contribution in [1.29, 1.82) is 0 Å². The van der Waals surface area contributed by atoms with Crippen LogP contribution >= 0.6 is 0 Å². The summed E-state index contributed by atoms with van der Waals surface area (Å²) in [4.78, 5) is 28.2. The van der Waals surface area contributed by atoms with Crippen LogP contribution in [0.4, 0.5) is 0 Å². The Kier molecular flexibility index (Phi) is 5.86. The number of aromatic nitrogens is 1. The Bertz CT molecular complexity index is 982. The van der Waals surface area contributed by atoms with Gasteiger partial charge in [0.05, 0.1) is 12.2 Å². The molecule has 0 fully saturated rings. The summed E-state index contributed by atoms with van der Waals surface area (Å²) in [6.07, 6.45) is 2.72. The highest BCUT2D eigenvalue weighted by Gasteiger charge is 2.15. The first-order valence-corrected chi connectivity index (χ1v) is 8.98. The van der Waals surface area contributed by atoms with Crippen LogP contribution in [0.3, 0.4) is 0 Å². The Morgan fingerprint density at radius 1 is 1.26 bits per heavy atom. The van der Waals surface area contributed by atoms with Crippen LogP contribution in [0.25, 0.3) is 11.0 Å². The van der Waals surface area contributed by atoms with Crippen LogP contribution in [0.15, 0.2) is 57.9 Å². The molecule has 0 spiro atoms. The van der Waals surface area contributed by atoms with Gasteiger partial charge in [-0.15, -0.1) is 0 Å². The van der Waals surface area contributed by atoms with Crippen molar-refractivity contribution in [2.24, 2.45) is 0 Å². The van der Waals surface area contributed by atoms with Gasteiger partial charge in [-0.05, 0) is 43.2 Å². The second-order valence-electron chi connectivity index (χ2n) is 6.30. The lowest BCUT2D eigenvalue weighted by molar-refractivity contribution is -0.127. The van der Waals surface area contributed by atoms with Gasteiger partial charge in [-0.25, -0.2) is 4.79 Å². The Morgan fingerprint density at radius 3 is 2.85 bits per heavy atom. The monoisotopic (exact) mass is 366 g/mol. The molecule has 0 aliphatic heterocycles. The molecule has 6 nitrogen and oxygen atoms in total. The third kappa shape index (κ3) is 4.73. The van der Waals surface area contributed by atoms with Crippen molar-refractivity contribution in [2.75, 3.05) is 0 Å². The zero-order valence-corrected chi connectivity index (χ0v) is 15.4. The van der Waals surface area contributed by atoms with E-state index in [9.17, 15) is 9.59 Å². The number of carbonyl (C=O) groups is 1. The van der Waals surface area contributed by atoms with Gasteiger partial charge in [0, 0.05) is 23.7 Å². The zero-order valence-electron chi connectivity index (χ0n) is 15.4. The summed E-state index contributed by atoms with van der Waals surface area (Å²) in [6.45, 7) is 4.06. The molecule has 1 aromatic carbocycles. The molecule has 1 N–H and O–H groups in total. The van der Waals surface area contributed by atoms with E-state index in [4.69, 9.17) is 9.15 Å². The lowest BCUT2D eigenvalue weighted by Gasteiger charge is -2.15. The van der Waals surface area contributed by atoms with Gasteiger partial charge in [-0.3, -0.25) is 9.78 Å². The van der Waals surface area contributed by atoms with E-state index < -0.39 is 6.10 Å². The van der Waals surface area contributed by atoms with Gasteiger partial charge in [0.2, 0.25) is 0 Å². The molecule has 6 heteroatoms. The lowest BCUT2D eigenvalue weighted by atomic mass is 10.1. The molecule has 0 aliphatic rings. The fourth-order valence-corrected chi connectivity index (χ4v) is 2.84. The molecular formula is C21H22N2O4. The van der Waals surface area contributed by atoms with Crippen molar-refractivity contribution in [3.8, 4) is 5.75 Å². The van der Waals surface area contributed by atoms with Crippen molar-refractivity contribution in [3.63, 3.8) is 0 Å². The van der Waals surface area contributed by atoms with Gasteiger partial charge < -0.3 is 14.5 Å². The number of hydrogen-bond acceptors (Lipinski definition) is 5. The minimum absolute atomic E-state index is 0.248. The van der Waals surface area contributed by atoms with E-state index >= 15 is 0 Å².